The second kappa shape index (κ2) is 3.64. The molecule has 0 spiro atoms. The minimum atomic E-state index is -2.97. The van der Waals surface area contributed by atoms with Gasteiger partial charge in [-0.25, -0.2) is 12.7 Å². The van der Waals surface area contributed by atoms with Crippen LogP contribution in [-0.4, -0.2) is 36.4 Å². The average molecular weight is 256 g/mol. The summed E-state index contributed by atoms with van der Waals surface area (Å²) in [4.78, 5) is 0. The molecule has 1 saturated carbocycles. The Bertz CT molecular complexity index is 248. The number of alkyl halides is 1. The maximum absolute atomic E-state index is 11.6. The van der Waals surface area contributed by atoms with Crippen LogP contribution < -0.4 is 0 Å². The third-order valence-corrected chi connectivity index (χ3v) is 5.60. The lowest BCUT2D eigenvalue weighted by Crippen LogP contribution is -2.38. The maximum atomic E-state index is 11.6. The fourth-order valence-corrected chi connectivity index (χ4v) is 3.35. The predicted octanol–water partition coefficient (Wildman–Crippen LogP) is 1.19. The third-order valence-electron chi connectivity index (χ3n) is 2.19. The van der Waals surface area contributed by atoms with Gasteiger partial charge in [-0.15, -0.1) is 0 Å². The van der Waals surface area contributed by atoms with Crippen LogP contribution in [0.1, 0.15) is 19.8 Å². The summed E-state index contributed by atoms with van der Waals surface area (Å²) in [5, 5.41) is 0.596. The second-order valence-electron chi connectivity index (χ2n) is 3.26. The van der Waals surface area contributed by atoms with Crippen LogP contribution >= 0.6 is 15.9 Å². The Morgan fingerprint density at radius 2 is 2.08 bits per heavy atom. The fourth-order valence-electron chi connectivity index (χ4n) is 0.949. The van der Waals surface area contributed by atoms with E-state index in [2.05, 4.69) is 15.9 Å². The first-order valence-electron chi connectivity index (χ1n) is 4.03. The molecule has 3 nitrogen and oxygen atoms in total. The molecule has 1 unspecified atom stereocenters. The average Bonchev–Trinajstić information content (AvgIpc) is 2.83. The minimum Gasteiger partial charge on any atom is -0.212 e. The summed E-state index contributed by atoms with van der Waals surface area (Å²) in [6, 6.07) is 0.0515. The van der Waals surface area contributed by atoms with Gasteiger partial charge in [0.1, 0.15) is 0 Å². The van der Waals surface area contributed by atoms with Crippen LogP contribution in [-0.2, 0) is 10.0 Å². The van der Waals surface area contributed by atoms with Gasteiger partial charge in [0.05, 0.1) is 5.25 Å². The van der Waals surface area contributed by atoms with E-state index in [1.165, 1.54) is 4.31 Å². The SMILES string of the molecule is CC(CBr)N(C)S(=O)(=O)C1CC1. The van der Waals surface area contributed by atoms with Gasteiger partial charge in [0.25, 0.3) is 0 Å². The quantitative estimate of drug-likeness (QED) is 0.709. The number of sulfonamides is 1. The highest BCUT2D eigenvalue weighted by Gasteiger charge is 2.39. The Morgan fingerprint density at radius 3 is 2.42 bits per heavy atom. The lowest BCUT2D eigenvalue weighted by Gasteiger charge is -2.22. The number of nitrogens with zero attached hydrogens (tertiary/aromatic N) is 1. The topological polar surface area (TPSA) is 37.4 Å². The van der Waals surface area contributed by atoms with Crippen LogP contribution in [0, 0.1) is 0 Å². The Kier molecular flexibility index (Phi) is 3.17. The number of halogens is 1. The molecule has 1 atom stereocenters. The molecule has 0 aromatic rings. The van der Waals surface area contributed by atoms with Gasteiger partial charge in [-0.3, -0.25) is 0 Å². The molecule has 1 rings (SSSR count). The van der Waals surface area contributed by atoms with E-state index in [9.17, 15) is 8.42 Å². The van der Waals surface area contributed by atoms with Gasteiger partial charge >= 0.3 is 0 Å². The van der Waals surface area contributed by atoms with E-state index in [0.717, 1.165) is 12.8 Å². The highest BCUT2D eigenvalue weighted by atomic mass is 79.9. The summed E-state index contributed by atoms with van der Waals surface area (Å²) in [5.74, 6) is 0. The maximum Gasteiger partial charge on any atom is 0.216 e. The van der Waals surface area contributed by atoms with Crippen molar-refractivity contribution in [3.05, 3.63) is 0 Å². The molecule has 0 heterocycles. The Balaban J connectivity index is 2.67. The highest BCUT2D eigenvalue weighted by Crippen LogP contribution is 2.31. The van der Waals surface area contributed by atoms with Gasteiger partial charge < -0.3 is 0 Å². The van der Waals surface area contributed by atoms with Gasteiger partial charge in [0.2, 0.25) is 10.0 Å². The first-order chi connectivity index (χ1) is 5.50. The van der Waals surface area contributed by atoms with E-state index in [1.54, 1.807) is 7.05 Å². The highest BCUT2D eigenvalue weighted by molar-refractivity contribution is 9.09. The van der Waals surface area contributed by atoms with E-state index >= 15 is 0 Å². The minimum absolute atomic E-state index is 0.0515. The second-order valence-corrected chi connectivity index (χ2v) is 6.18. The molecule has 0 saturated heterocycles. The van der Waals surface area contributed by atoms with Crippen molar-refractivity contribution < 1.29 is 8.42 Å². The van der Waals surface area contributed by atoms with Crippen molar-refractivity contribution in [1.82, 2.24) is 4.31 Å². The molecule has 5 heteroatoms. The summed E-state index contributed by atoms with van der Waals surface area (Å²) in [6.45, 7) is 1.90. The van der Waals surface area contributed by atoms with Gasteiger partial charge in [0.15, 0.2) is 0 Å². The van der Waals surface area contributed by atoms with Crippen LogP contribution in [0.3, 0.4) is 0 Å². The van der Waals surface area contributed by atoms with Crippen molar-refractivity contribution in [2.75, 3.05) is 12.4 Å². The smallest absolute Gasteiger partial charge is 0.212 e. The van der Waals surface area contributed by atoms with Crippen molar-refractivity contribution in [3.8, 4) is 0 Å². The monoisotopic (exact) mass is 255 g/mol. The zero-order valence-corrected chi connectivity index (χ0v) is 9.73. The van der Waals surface area contributed by atoms with Crippen LogP contribution in [0.25, 0.3) is 0 Å². The molecule has 0 radical (unpaired) electrons. The molecule has 72 valence electrons. The molecule has 12 heavy (non-hydrogen) atoms. The normalized spacial score (nSPS) is 21.3. The Labute approximate surface area is 82.3 Å². The molecule has 0 aliphatic heterocycles. The van der Waals surface area contributed by atoms with Gasteiger partial charge in [-0.05, 0) is 19.8 Å². The van der Waals surface area contributed by atoms with Crippen molar-refractivity contribution in [2.24, 2.45) is 0 Å². The molecule has 1 fully saturated rings. The van der Waals surface area contributed by atoms with E-state index in [0.29, 0.717) is 5.33 Å². The molecular formula is C7H14BrNO2S. The Morgan fingerprint density at radius 1 is 1.58 bits per heavy atom. The summed E-state index contributed by atoms with van der Waals surface area (Å²) in [6.07, 6.45) is 1.67. The number of rotatable bonds is 4. The first kappa shape index (κ1) is 10.5. The molecule has 0 aromatic carbocycles. The van der Waals surface area contributed by atoms with Crippen molar-refractivity contribution >= 4 is 26.0 Å². The van der Waals surface area contributed by atoms with Gasteiger partial charge in [-0.1, -0.05) is 15.9 Å². The predicted molar refractivity (Wildman–Crippen MR) is 53.0 cm³/mol. The van der Waals surface area contributed by atoms with Crippen LogP contribution in [0.15, 0.2) is 0 Å². The molecule has 0 bridgehead atoms. The largest absolute Gasteiger partial charge is 0.216 e. The first-order valence-corrected chi connectivity index (χ1v) is 6.65. The van der Waals surface area contributed by atoms with Crippen LogP contribution in [0.5, 0.6) is 0 Å². The van der Waals surface area contributed by atoms with E-state index in [1.807, 2.05) is 6.92 Å². The van der Waals surface area contributed by atoms with E-state index < -0.39 is 10.0 Å². The summed E-state index contributed by atoms with van der Waals surface area (Å²) in [5.41, 5.74) is 0. The van der Waals surface area contributed by atoms with Crippen molar-refractivity contribution in [3.63, 3.8) is 0 Å². The number of hydrogen-bond acceptors (Lipinski definition) is 2. The standard InChI is InChI=1S/C7H14BrNO2S/c1-6(5-8)9(2)12(10,11)7-3-4-7/h6-7H,3-5H2,1-2H3. The van der Waals surface area contributed by atoms with Crippen molar-refractivity contribution in [2.45, 2.75) is 31.1 Å². The molecule has 1 aliphatic rings. The van der Waals surface area contributed by atoms with Crippen LogP contribution in [0.2, 0.25) is 0 Å². The summed E-state index contributed by atoms with van der Waals surface area (Å²) < 4.78 is 24.7. The zero-order chi connectivity index (χ0) is 9.35. The Hall–Kier alpha value is 0.390. The molecule has 1 aliphatic carbocycles. The molecular weight excluding hydrogens is 242 g/mol. The third kappa shape index (κ3) is 2.00. The van der Waals surface area contributed by atoms with E-state index in [-0.39, 0.29) is 11.3 Å². The summed E-state index contributed by atoms with van der Waals surface area (Å²) in [7, 11) is -1.32. The molecule has 0 amide bonds. The van der Waals surface area contributed by atoms with Crippen molar-refractivity contribution in [1.29, 1.82) is 0 Å². The fraction of sp³-hybridized carbons (Fsp3) is 1.00. The lowest BCUT2D eigenvalue weighted by atomic mass is 10.4. The summed E-state index contributed by atoms with van der Waals surface area (Å²) >= 11 is 3.27. The van der Waals surface area contributed by atoms with E-state index in [4.69, 9.17) is 0 Å². The lowest BCUT2D eigenvalue weighted by molar-refractivity contribution is 0.415. The van der Waals surface area contributed by atoms with Gasteiger partial charge in [-0.2, -0.15) is 0 Å². The molecule has 0 N–H and O–H groups in total. The molecule has 0 aromatic heterocycles. The van der Waals surface area contributed by atoms with Crippen LogP contribution in [0.4, 0.5) is 0 Å². The zero-order valence-electron chi connectivity index (χ0n) is 7.33. The number of hydrogen-bond donors (Lipinski definition) is 0. The van der Waals surface area contributed by atoms with Gasteiger partial charge in [0, 0.05) is 18.4 Å².